The van der Waals surface area contributed by atoms with Crippen LogP contribution >= 0.6 is 0 Å². The molecule has 3 heterocycles. The third-order valence-electron chi connectivity index (χ3n) is 8.27. The topological polar surface area (TPSA) is 132 Å². The zero-order valence-electron chi connectivity index (χ0n) is 23.5. The van der Waals surface area contributed by atoms with E-state index in [9.17, 15) is 41.0 Å². The summed E-state index contributed by atoms with van der Waals surface area (Å²) in [6, 6.07) is 8.05. The molecule has 0 radical (unpaired) electrons. The van der Waals surface area contributed by atoms with Crippen LogP contribution < -0.4 is 15.8 Å². The van der Waals surface area contributed by atoms with Gasteiger partial charge in [-0.05, 0) is 73.7 Å². The normalized spacial score (nSPS) is 19.3. The number of nitrogens with one attached hydrogen (secondary N) is 1. The Morgan fingerprint density at radius 1 is 1.18 bits per heavy atom. The maximum Gasteiger partial charge on any atom is 0.424 e. The molecule has 2 aromatic heterocycles. The standard InChI is InChI=1S/C30H25F6N5O4/c1-28(26(37)43)13-45-24-20(28)10-21(39-23(24)15-4-6-18(31)7-5-15)29(44,30(34,35)36)12-38-25(42)16-8-17-11-41(27(32)33)40-22(17)19(9-16)14-2-3-14/h4-11,14,27,44H,2-3,12-13H2,1H3,(H2,37,43)(H,38,42)/t28-,29-/m0/s1. The monoisotopic (exact) mass is 633 g/mol. The highest BCUT2D eigenvalue weighted by molar-refractivity contribution is 5.99. The highest BCUT2D eigenvalue weighted by Gasteiger charge is 2.57. The first-order valence-electron chi connectivity index (χ1n) is 13.8. The highest BCUT2D eigenvalue weighted by Crippen LogP contribution is 2.48. The molecule has 1 aliphatic carbocycles. The fraction of sp³-hybridized carbons (Fsp3) is 0.333. The number of ether oxygens (including phenoxy) is 1. The van der Waals surface area contributed by atoms with Crippen LogP contribution in [0.1, 0.15) is 59.4 Å². The van der Waals surface area contributed by atoms with Crippen LogP contribution in [0, 0.1) is 5.82 Å². The van der Waals surface area contributed by atoms with Crippen LogP contribution in [0.2, 0.25) is 0 Å². The highest BCUT2D eigenvalue weighted by atomic mass is 19.4. The lowest BCUT2D eigenvalue weighted by molar-refractivity contribution is -0.265. The summed E-state index contributed by atoms with van der Waals surface area (Å²) in [7, 11) is 0. The molecule has 0 saturated heterocycles. The van der Waals surface area contributed by atoms with E-state index < -0.39 is 53.6 Å². The number of alkyl halides is 5. The van der Waals surface area contributed by atoms with Crippen molar-refractivity contribution < 1.29 is 45.8 Å². The van der Waals surface area contributed by atoms with Gasteiger partial charge in [-0.2, -0.15) is 27.1 Å². The average molecular weight is 634 g/mol. The number of carbonyl (C=O) groups excluding carboxylic acids is 2. The molecule has 2 aromatic carbocycles. The Kier molecular flexibility index (Phi) is 7.06. The third kappa shape index (κ3) is 5.14. The van der Waals surface area contributed by atoms with Gasteiger partial charge in [0, 0.05) is 28.3 Å². The molecular formula is C30H25F6N5O4. The fourth-order valence-electron chi connectivity index (χ4n) is 5.37. The second-order valence-corrected chi connectivity index (χ2v) is 11.4. The Labute approximate surface area is 251 Å². The number of fused-ring (bicyclic) bond motifs is 2. The minimum atomic E-state index is -5.41. The van der Waals surface area contributed by atoms with Crippen LogP contribution in [0.4, 0.5) is 26.3 Å². The Morgan fingerprint density at radius 2 is 1.87 bits per heavy atom. The van der Waals surface area contributed by atoms with E-state index in [4.69, 9.17) is 10.5 Å². The summed E-state index contributed by atoms with van der Waals surface area (Å²) in [6.07, 6.45) is -2.92. The van der Waals surface area contributed by atoms with Gasteiger partial charge in [-0.15, -0.1) is 0 Å². The number of nitrogens with two attached hydrogens (primary N) is 1. The molecule has 0 unspecified atom stereocenters. The molecule has 2 atom stereocenters. The molecule has 4 N–H and O–H groups in total. The lowest BCUT2D eigenvalue weighted by Crippen LogP contribution is -2.51. The zero-order chi connectivity index (χ0) is 32.5. The van der Waals surface area contributed by atoms with Crippen molar-refractivity contribution in [2.24, 2.45) is 5.73 Å². The molecule has 9 nitrogen and oxygen atoms in total. The van der Waals surface area contributed by atoms with Crippen molar-refractivity contribution in [2.45, 2.75) is 49.4 Å². The van der Waals surface area contributed by atoms with E-state index in [1.165, 1.54) is 31.2 Å². The Hall–Kier alpha value is -4.66. The van der Waals surface area contributed by atoms with Crippen LogP contribution in [0.3, 0.4) is 0 Å². The van der Waals surface area contributed by atoms with Gasteiger partial charge in [0.05, 0.1) is 17.8 Å². The van der Waals surface area contributed by atoms with Crippen molar-refractivity contribution >= 4 is 22.7 Å². The van der Waals surface area contributed by atoms with Crippen molar-refractivity contribution in [3.8, 4) is 17.0 Å². The quantitative estimate of drug-likeness (QED) is 0.239. The first-order chi connectivity index (χ1) is 21.1. The van der Waals surface area contributed by atoms with Gasteiger partial charge in [0.2, 0.25) is 11.5 Å². The van der Waals surface area contributed by atoms with Crippen molar-refractivity contribution in [3.05, 3.63) is 76.9 Å². The molecule has 0 bridgehead atoms. The number of primary amides is 1. The van der Waals surface area contributed by atoms with Crippen molar-refractivity contribution in [1.82, 2.24) is 20.1 Å². The number of aromatic nitrogens is 3. The predicted molar refractivity (Wildman–Crippen MR) is 147 cm³/mol. The van der Waals surface area contributed by atoms with Crippen LogP contribution in [0.15, 0.2) is 48.7 Å². The van der Waals surface area contributed by atoms with Gasteiger partial charge in [0.15, 0.2) is 0 Å². The third-order valence-corrected chi connectivity index (χ3v) is 8.27. The molecular weight excluding hydrogens is 608 g/mol. The largest absolute Gasteiger partial charge is 0.489 e. The van der Waals surface area contributed by atoms with E-state index in [1.807, 2.05) is 0 Å². The summed E-state index contributed by atoms with van der Waals surface area (Å²) in [5, 5.41) is 17.4. The predicted octanol–water partition coefficient (Wildman–Crippen LogP) is 4.83. The summed E-state index contributed by atoms with van der Waals surface area (Å²) >= 11 is 0. The summed E-state index contributed by atoms with van der Waals surface area (Å²) in [6.45, 7) is -3.32. The molecule has 1 saturated carbocycles. The molecule has 4 aromatic rings. The first kappa shape index (κ1) is 30.4. The van der Waals surface area contributed by atoms with Crippen LogP contribution in [-0.4, -0.2) is 51.0 Å². The van der Waals surface area contributed by atoms with Crippen molar-refractivity contribution in [3.63, 3.8) is 0 Å². The lowest BCUT2D eigenvalue weighted by Gasteiger charge is -2.31. The molecule has 2 amide bonds. The average Bonchev–Trinajstić information content (AvgIpc) is 3.64. The maximum atomic E-state index is 14.7. The van der Waals surface area contributed by atoms with Gasteiger partial charge in [-0.1, -0.05) is 0 Å². The minimum absolute atomic E-state index is 0.0457. The van der Waals surface area contributed by atoms with E-state index in [-0.39, 0.29) is 51.6 Å². The summed E-state index contributed by atoms with van der Waals surface area (Å²) < 4.78 is 90.4. The first-order valence-corrected chi connectivity index (χ1v) is 13.8. The number of hydrogen-bond donors (Lipinski definition) is 3. The van der Waals surface area contributed by atoms with Crippen molar-refractivity contribution in [2.75, 3.05) is 13.2 Å². The molecule has 1 aliphatic heterocycles. The van der Waals surface area contributed by atoms with Crippen molar-refractivity contribution in [1.29, 1.82) is 0 Å². The van der Waals surface area contributed by atoms with Crippen LogP contribution in [0.5, 0.6) is 5.75 Å². The summed E-state index contributed by atoms with van der Waals surface area (Å²) in [5.74, 6) is -2.67. The number of hydrogen-bond acceptors (Lipinski definition) is 6. The summed E-state index contributed by atoms with van der Waals surface area (Å²) in [5.41, 5.74) is -0.300. The Morgan fingerprint density at radius 3 is 2.47 bits per heavy atom. The number of halogens is 6. The van der Waals surface area contributed by atoms with Crippen LogP contribution in [-0.2, 0) is 15.8 Å². The smallest absolute Gasteiger partial charge is 0.424 e. The lowest BCUT2D eigenvalue weighted by atomic mass is 9.81. The number of benzene rings is 2. The number of carbonyl (C=O) groups is 2. The number of amides is 2. The molecule has 1 fully saturated rings. The molecule has 15 heteroatoms. The molecule has 6 rings (SSSR count). The molecule has 0 spiro atoms. The number of aliphatic hydroxyl groups is 1. The Bertz CT molecular complexity index is 1840. The van der Waals surface area contributed by atoms with E-state index in [0.29, 0.717) is 10.2 Å². The van der Waals surface area contributed by atoms with E-state index in [2.05, 4.69) is 15.4 Å². The Balaban J connectivity index is 1.40. The minimum Gasteiger partial charge on any atom is -0.489 e. The van der Waals surface area contributed by atoms with Gasteiger partial charge in [0.25, 0.3) is 5.91 Å². The molecule has 45 heavy (non-hydrogen) atoms. The van der Waals surface area contributed by atoms with E-state index >= 15 is 0 Å². The SMILES string of the molecule is C[C@]1(C(N)=O)COc2c1cc([C@@](O)(CNC(=O)c1cc(C3CC3)c3nn(C(F)F)cc3c1)C(F)(F)F)nc2-c1ccc(F)cc1. The zero-order valence-corrected chi connectivity index (χ0v) is 23.5. The summed E-state index contributed by atoms with van der Waals surface area (Å²) in [4.78, 5) is 29.7. The molecule has 236 valence electrons. The number of nitrogens with zero attached hydrogens (tertiary/aromatic N) is 3. The fourth-order valence-corrected chi connectivity index (χ4v) is 5.37. The van der Waals surface area contributed by atoms with E-state index in [1.54, 1.807) is 0 Å². The van der Waals surface area contributed by atoms with Gasteiger partial charge in [-0.3, -0.25) is 9.59 Å². The number of pyridine rings is 1. The van der Waals surface area contributed by atoms with Gasteiger partial charge >= 0.3 is 12.7 Å². The second kappa shape index (κ2) is 10.5. The van der Waals surface area contributed by atoms with E-state index in [0.717, 1.165) is 37.2 Å². The van der Waals surface area contributed by atoms with Gasteiger partial charge in [-0.25, -0.2) is 14.1 Å². The van der Waals surface area contributed by atoms with Crippen LogP contribution in [0.25, 0.3) is 22.2 Å². The number of rotatable bonds is 8. The van der Waals surface area contributed by atoms with Gasteiger partial charge < -0.3 is 20.9 Å². The maximum absolute atomic E-state index is 14.7. The molecule has 2 aliphatic rings. The van der Waals surface area contributed by atoms with Gasteiger partial charge in [0.1, 0.15) is 29.3 Å². The second-order valence-electron chi connectivity index (χ2n) is 11.4.